The first-order valence-electron chi connectivity index (χ1n) is 10.5. The maximum atomic E-state index is 13.1. The summed E-state index contributed by atoms with van der Waals surface area (Å²) in [6.07, 6.45) is 3.07. The fourth-order valence-electron chi connectivity index (χ4n) is 3.66. The topological polar surface area (TPSA) is 94.2 Å². The van der Waals surface area contributed by atoms with Crippen molar-refractivity contribution in [2.45, 2.75) is 4.90 Å². The lowest BCUT2D eigenvalue weighted by molar-refractivity contribution is 0.171. The minimum Gasteiger partial charge on any atom is -0.486 e. The molecule has 0 radical (unpaired) electrons. The van der Waals surface area contributed by atoms with Crippen molar-refractivity contribution in [1.82, 2.24) is 9.78 Å². The van der Waals surface area contributed by atoms with Crippen LogP contribution in [-0.4, -0.2) is 31.4 Å². The van der Waals surface area contributed by atoms with E-state index in [0.717, 1.165) is 5.69 Å². The van der Waals surface area contributed by atoms with Crippen molar-refractivity contribution in [3.05, 3.63) is 95.5 Å². The molecule has 168 valence electrons. The van der Waals surface area contributed by atoms with E-state index in [4.69, 9.17) is 14.6 Å². The number of hydrogen-bond acceptors (Lipinski definition) is 6. The van der Waals surface area contributed by atoms with Gasteiger partial charge >= 0.3 is 0 Å². The number of hydrogen-bond donors (Lipinski definition) is 0. The molecule has 5 rings (SSSR count). The molecule has 0 aliphatic carbocycles. The lowest BCUT2D eigenvalue weighted by Crippen LogP contribution is -2.15. The summed E-state index contributed by atoms with van der Waals surface area (Å²) in [6.45, 7) is 0.918. The highest BCUT2D eigenvalue weighted by Gasteiger charge is 2.23. The quantitative estimate of drug-likeness (QED) is 0.395. The molecule has 1 aliphatic heterocycles. The molecule has 4 aromatic rings. The summed E-state index contributed by atoms with van der Waals surface area (Å²) in [5, 5.41) is 14.5. The summed E-state index contributed by atoms with van der Waals surface area (Å²) >= 11 is 0. The van der Waals surface area contributed by atoms with Crippen LogP contribution in [0.1, 0.15) is 5.56 Å². The Hall–Kier alpha value is -4.35. The van der Waals surface area contributed by atoms with Crippen molar-refractivity contribution in [2.24, 2.45) is 0 Å². The van der Waals surface area contributed by atoms with E-state index in [-0.39, 0.29) is 9.80 Å². The van der Waals surface area contributed by atoms with E-state index in [1.54, 1.807) is 41.2 Å². The van der Waals surface area contributed by atoms with Crippen LogP contribution in [0.4, 0.5) is 0 Å². The smallest absolute Gasteiger partial charge is 0.216 e. The van der Waals surface area contributed by atoms with Crippen LogP contribution in [0, 0.1) is 11.3 Å². The molecular weight excluding hydrogens is 450 g/mol. The Bertz CT molecular complexity index is 1520. The number of rotatable bonds is 5. The van der Waals surface area contributed by atoms with E-state index < -0.39 is 9.84 Å². The molecule has 2 heterocycles. The molecule has 3 aromatic carbocycles. The molecule has 8 heteroatoms. The van der Waals surface area contributed by atoms with Gasteiger partial charge < -0.3 is 9.47 Å². The van der Waals surface area contributed by atoms with Gasteiger partial charge in [-0.2, -0.15) is 10.4 Å². The van der Waals surface area contributed by atoms with Gasteiger partial charge in [0.25, 0.3) is 0 Å². The van der Waals surface area contributed by atoms with Gasteiger partial charge in [-0.15, -0.1) is 0 Å². The van der Waals surface area contributed by atoms with Gasteiger partial charge in [-0.05, 0) is 48.5 Å². The lowest BCUT2D eigenvalue weighted by atomic mass is 10.1. The second-order valence-electron chi connectivity index (χ2n) is 7.51. The maximum absolute atomic E-state index is 13.1. The molecular formula is C26H19N3O4S. The van der Waals surface area contributed by atoms with Gasteiger partial charge in [0.1, 0.15) is 29.9 Å². The first-order chi connectivity index (χ1) is 16.6. The normalized spacial score (nSPS) is 13.3. The minimum absolute atomic E-state index is 0.0548. The average Bonchev–Trinajstić information content (AvgIpc) is 3.32. The molecule has 34 heavy (non-hydrogen) atoms. The number of ether oxygens (including phenoxy) is 2. The monoisotopic (exact) mass is 469 g/mol. The highest BCUT2D eigenvalue weighted by atomic mass is 32.2. The molecule has 0 fully saturated rings. The summed E-state index contributed by atoms with van der Waals surface area (Å²) in [7, 11) is -4.00. The number of para-hydroxylation sites is 1. The van der Waals surface area contributed by atoms with Crippen molar-refractivity contribution in [1.29, 1.82) is 5.26 Å². The number of sulfone groups is 1. The van der Waals surface area contributed by atoms with Crippen molar-refractivity contribution in [3.63, 3.8) is 0 Å². The summed E-state index contributed by atoms with van der Waals surface area (Å²) in [5.74, 6) is 1.23. The Kier molecular flexibility index (Phi) is 5.62. The minimum atomic E-state index is -4.00. The summed E-state index contributed by atoms with van der Waals surface area (Å²) in [4.78, 5) is -0.316. The van der Waals surface area contributed by atoms with Gasteiger partial charge in [0.05, 0.1) is 10.6 Å². The second-order valence-corrected chi connectivity index (χ2v) is 9.43. The molecule has 0 unspecified atom stereocenters. The van der Waals surface area contributed by atoms with E-state index >= 15 is 0 Å². The van der Waals surface area contributed by atoms with Crippen molar-refractivity contribution >= 4 is 15.9 Å². The highest BCUT2D eigenvalue weighted by molar-refractivity contribution is 7.95. The Morgan fingerprint density at radius 1 is 0.941 bits per heavy atom. The third kappa shape index (κ3) is 4.05. The molecule has 0 bridgehead atoms. The Morgan fingerprint density at radius 3 is 2.32 bits per heavy atom. The van der Waals surface area contributed by atoms with Crippen LogP contribution in [0.25, 0.3) is 23.0 Å². The van der Waals surface area contributed by atoms with Crippen LogP contribution in [0.2, 0.25) is 0 Å². The molecule has 0 amide bonds. The van der Waals surface area contributed by atoms with Gasteiger partial charge in [0.2, 0.25) is 9.84 Å². The zero-order chi connectivity index (χ0) is 23.5. The van der Waals surface area contributed by atoms with E-state index in [1.165, 1.54) is 18.2 Å². The first-order valence-corrected chi connectivity index (χ1v) is 12.0. The molecule has 0 N–H and O–H groups in total. The Balaban J connectivity index is 1.67. The van der Waals surface area contributed by atoms with Crippen LogP contribution >= 0.6 is 0 Å². The van der Waals surface area contributed by atoms with Crippen molar-refractivity contribution in [2.75, 3.05) is 13.2 Å². The van der Waals surface area contributed by atoms with Crippen molar-refractivity contribution in [3.8, 4) is 34.5 Å². The van der Waals surface area contributed by atoms with Crippen LogP contribution in [-0.2, 0) is 9.84 Å². The van der Waals surface area contributed by atoms with Crippen LogP contribution in [0.3, 0.4) is 0 Å². The fourth-order valence-corrected chi connectivity index (χ4v) is 4.83. The summed E-state index contributed by atoms with van der Waals surface area (Å²) in [5.41, 5.74) is 2.50. The number of benzene rings is 3. The van der Waals surface area contributed by atoms with E-state index in [2.05, 4.69) is 0 Å². The molecule has 0 spiro atoms. The largest absolute Gasteiger partial charge is 0.486 e. The summed E-state index contributed by atoms with van der Waals surface area (Å²) < 4.78 is 39.2. The van der Waals surface area contributed by atoms with E-state index in [9.17, 15) is 13.7 Å². The van der Waals surface area contributed by atoms with E-state index in [0.29, 0.717) is 41.5 Å². The second kappa shape index (κ2) is 8.89. The number of nitriles is 1. The zero-order valence-electron chi connectivity index (χ0n) is 18.0. The maximum Gasteiger partial charge on any atom is 0.216 e. The predicted molar refractivity (Wildman–Crippen MR) is 127 cm³/mol. The van der Waals surface area contributed by atoms with E-state index in [1.807, 2.05) is 42.5 Å². The highest BCUT2D eigenvalue weighted by Crippen LogP contribution is 2.36. The lowest BCUT2D eigenvalue weighted by Gasteiger charge is -2.18. The van der Waals surface area contributed by atoms with Crippen LogP contribution in [0.5, 0.6) is 11.5 Å². The first kappa shape index (κ1) is 21.5. The van der Waals surface area contributed by atoms with Crippen LogP contribution < -0.4 is 9.47 Å². The van der Waals surface area contributed by atoms with Crippen LogP contribution in [0.15, 0.2) is 94.9 Å². The van der Waals surface area contributed by atoms with Gasteiger partial charge in [0.15, 0.2) is 11.5 Å². The number of fused-ring (bicyclic) bond motifs is 1. The predicted octanol–water partition coefficient (Wildman–Crippen LogP) is 4.65. The molecule has 0 saturated heterocycles. The summed E-state index contributed by atoms with van der Waals surface area (Å²) in [6, 6.07) is 24.6. The number of aromatic nitrogens is 2. The van der Waals surface area contributed by atoms with Gasteiger partial charge in [-0.25, -0.2) is 13.1 Å². The third-order valence-electron chi connectivity index (χ3n) is 5.32. The standard InChI is InChI=1S/C26H19N3O4S/c27-17-23(34(30,31)22-9-5-2-6-10-22)15-20-18-29(21-7-3-1-4-8-21)28-26(20)19-11-12-24-25(16-19)33-14-13-32-24/h1-12,15-16,18H,13-14H2/b23-15+. The Morgan fingerprint density at radius 2 is 1.62 bits per heavy atom. The van der Waals surface area contributed by atoms with Crippen molar-refractivity contribution < 1.29 is 17.9 Å². The average molecular weight is 470 g/mol. The Labute approximate surface area is 197 Å². The molecule has 1 aliphatic rings. The molecule has 0 saturated carbocycles. The van der Waals surface area contributed by atoms with Gasteiger partial charge in [-0.3, -0.25) is 0 Å². The molecule has 1 aromatic heterocycles. The molecule has 0 atom stereocenters. The zero-order valence-corrected chi connectivity index (χ0v) is 18.8. The SMILES string of the molecule is N#C/C(=C\c1cn(-c2ccccc2)nc1-c1ccc2c(c1)OCCO2)S(=O)(=O)c1ccccc1. The number of allylic oxidation sites excluding steroid dienone is 1. The van der Waals surface area contributed by atoms with Gasteiger partial charge in [-0.1, -0.05) is 36.4 Å². The third-order valence-corrected chi connectivity index (χ3v) is 7.00. The molecule has 7 nitrogen and oxygen atoms in total. The number of nitrogens with zero attached hydrogens (tertiary/aromatic N) is 3. The fraction of sp³-hybridized carbons (Fsp3) is 0.0769. The van der Waals surface area contributed by atoms with Gasteiger partial charge in [0, 0.05) is 17.3 Å².